The predicted octanol–water partition coefficient (Wildman–Crippen LogP) is 2.18. The minimum atomic E-state index is -0.577. The van der Waals surface area contributed by atoms with Crippen molar-refractivity contribution >= 4 is 0 Å². The molecule has 0 aromatic heterocycles. The van der Waals surface area contributed by atoms with E-state index in [1.807, 2.05) is 38.1 Å². The standard InChI is InChI=1S/C12H16O4/c1-12(2)14-8-11(16-12)15-10-7-5-4-6-9(10)13-3/h4-7,11H,8H2,1-3H3/t11-/m0/s1. The zero-order valence-electron chi connectivity index (χ0n) is 9.73. The van der Waals surface area contributed by atoms with Crippen LogP contribution in [0.2, 0.25) is 0 Å². The largest absolute Gasteiger partial charge is 0.493 e. The van der Waals surface area contributed by atoms with Crippen molar-refractivity contribution < 1.29 is 18.9 Å². The van der Waals surface area contributed by atoms with E-state index < -0.39 is 5.79 Å². The Bertz CT molecular complexity index is 362. The number of ether oxygens (including phenoxy) is 4. The zero-order chi connectivity index (χ0) is 11.6. The highest BCUT2D eigenvalue weighted by atomic mass is 16.8. The molecule has 0 amide bonds. The van der Waals surface area contributed by atoms with Crippen LogP contribution in [0.25, 0.3) is 0 Å². The molecule has 0 aliphatic carbocycles. The van der Waals surface area contributed by atoms with E-state index in [4.69, 9.17) is 18.9 Å². The lowest BCUT2D eigenvalue weighted by Crippen LogP contribution is -2.24. The van der Waals surface area contributed by atoms with Gasteiger partial charge in [-0.25, -0.2) is 0 Å². The summed E-state index contributed by atoms with van der Waals surface area (Å²) in [5.41, 5.74) is 0. The Balaban J connectivity index is 2.04. The molecule has 0 bridgehead atoms. The van der Waals surface area contributed by atoms with Gasteiger partial charge < -0.3 is 18.9 Å². The number of benzene rings is 1. The van der Waals surface area contributed by atoms with Crippen molar-refractivity contribution in [2.24, 2.45) is 0 Å². The molecule has 2 rings (SSSR count). The van der Waals surface area contributed by atoms with Gasteiger partial charge in [0.15, 0.2) is 17.3 Å². The second kappa shape index (κ2) is 4.31. The average Bonchev–Trinajstić information content (AvgIpc) is 2.59. The number of hydrogen-bond donors (Lipinski definition) is 0. The van der Waals surface area contributed by atoms with Gasteiger partial charge in [-0.05, 0) is 26.0 Å². The minimum absolute atomic E-state index is 0.383. The van der Waals surface area contributed by atoms with Crippen molar-refractivity contribution in [3.8, 4) is 11.5 Å². The Morgan fingerprint density at radius 3 is 2.50 bits per heavy atom. The minimum Gasteiger partial charge on any atom is -0.493 e. The lowest BCUT2D eigenvalue weighted by Gasteiger charge is -2.18. The summed E-state index contributed by atoms with van der Waals surface area (Å²) in [6.07, 6.45) is -0.383. The molecule has 1 saturated heterocycles. The van der Waals surface area contributed by atoms with Crippen LogP contribution in [0.1, 0.15) is 13.8 Å². The summed E-state index contributed by atoms with van der Waals surface area (Å²) in [5, 5.41) is 0. The van der Waals surface area contributed by atoms with Crippen molar-refractivity contribution in [3.63, 3.8) is 0 Å². The zero-order valence-corrected chi connectivity index (χ0v) is 9.73. The molecule has 4 nitrogen and oxygen atoms in total. The van der Waals surface area contributed by atoms with Crippen LogP contribution in [0.4, 0.5) is 0 Å². The highest BCUT2D eigenvalue weighted by Gasteiger charge is 2.34. The van der Waals surface area contributed by atoms with Gasteiger partial charge in [0.1, 0.15) is 6.61 Å². The second-order valence-electron chi connectivity index (χ2n) is 4.03. The molecule has 0 radical (unpaired) electrons. The molecule has 1 aliphatic heterocycles. The summed E-state index contributed by atoms with van der Waals surface area (Å²) in [7, 11) is 1.61. The number of methoxy groups -OCH3 is 1. The number of hydrogen-bond acceptors (Lipinski definition) is 4. The number of para-hydroxylation sites is 2. The molecule has 16 heavy (non-hydrogen) atoms. The smallest absolute Gasteiger partial charge is 0.226 e. The molecule has 1 aromatic carbocycles. The first-order valence-electron chi connectivity index (χ1n) is 5.22. The SMILES string of the molecule is COc1ccccc1O[C@@H]1COC(C)(C)O1. The molecule has 0 saturated carbocycles. The molecular weight excluding hydrogens is 208 g/mol. The second-order valence-corrected chi connectivity index (χ2v) is 4.03. The Labute approximate surface area is 95.1 Å². The first kappa shape index (κ1) is 11.2. The summed E-state index contributed by atoms with van der Waals surface area (Å²) in [6.45, 7) is 4.14. The van der Waals surface area contributed by atoms with E-state index in [-0.39, 0.29) is 6.29 Å². The van der Waals surface area contributed by atoms with E-state index >= 15 is 0 Å². The molecule has 1 heterocycles. The van der Waals surface area contributed by atoms with Gasteiger partial charge in [0.25, 0.3) is 0 Å². The van der Waals surface area contributed by atoms with Crippen molar-refractivity contribution in [1.29, 1.82) is 0 Å². The van der Waals surface area contributed by atoms with Crippen LogP contribution in [0.5, 0.6) is 11.5 Å². The Hall–Kier alpha value is -1.26. The first-order valence-corrected chi connectivity index (χ1v) is 5.22. The molecular formula is C12H16O4. The van der Waals surface area contributed by atoms with Gasteiger partial charge in [-0.1, -0.05) is 12.1 Å². The van der Waals surface area contributed by atoms with Crippen LogP contribution in [0.15, 0.2) is 24.3 Å². The van der Waals surface area contributed by atoms with Crippen LogP contribution in [-0.2, 0) is 9.47 Å². The first-order chi connectivity index (χ1) is 7.61. The number of rotatable bonds is 3. The van der Waals surface area contributed by atoms with Gasteiger partial charge in [0.2, 0.25) is 6.29 Å². The van der Waals surface area contributed by atoms with Crippen LogP contribution in [0, 0.1) is 0 Å². The summed E-state index contributed by atoms with van der Waals surface area (Å²) in [4.78, 5) is 0. The third kappa shape index (κ3) is 2.46. The molecule has 1 aromatic rings. The lowest BCUT2D eigenvalue weighted by molar-refractivity contribution is -0.167. The molecule has 0 spiro atoms. The summed E-state index contributed by atoms with van der Waals surface area (Å²) in [5.74, 6) is 0.777. The monoisotopic (exact) mass is 224 g/mol. The van der Waals surface area contributed by atoms with Gasteiger partial charge in [0.05, 0.1) is 7.11 Å². The maximum Gasteiger partial charge on any atom is 0.226 e. The van der Waals surface area contributed by atoms with Crippen molar-refractivity contribution in [2.45, 2.75) is 25.9 Å². The summed E-state index contributed by atoms with van der Waals surface area (Å²) in [6, 6.07) is 7.46. The fraction of sp³-hybridized carbons (Fsp3) is 0.500. The third-order valence-corrected chi connectivity index (χ3v) is 2.31. The van der Waals surface area contributed by atoms with Crippen LogP contribution < -0.4 is 9.47 Å². The van der Waals surface area contributed by atoms with Crippen molar-refractivity contribution in [2.75, 3.05) is 13.7 Å². The van der Waals surface area contributed by atoms with Gasteiger partial charge in [-0.3, -0.25) is 0 Å². The van der Waals surface area contributed by atoms with E-state index in [1.165, 1.54) is 0 Å². The maximum atomic E-state index is 5.66. The predicted molar refractivity (Wildman–Crippen MR) is 58.5 cm³/mol. The maximum absolute atomic E-state index is 5.66. The average molecular weight is 224 g/mol. The topological polar surface area (TPSA) is 36.9 Å². The summed E-state index contributed by atoms with van der Waals surface area (Å²) < 4.78 is 21.8. The molecule has 0 unspecified atom stereocenters. The summed E-state index contributed by atoms with van der Waals surface area (Å²) >= 11 is 0. The van der Waals surface area contributed by atoms with Crippen LogP contribution in [-0.4, -0.2) is 25.8 Å². The van der Waals surface area contributed by atoms with E-state index in [2.05, 4.69) is 0 Å². The van der Waals surface area contributed by atoms with Crippen LogP contribution in [0.3, 0.4) is 0 Å². The van der Waals surface area contributed by atoms with Gasteiger partial charge in [0, 0.05) is 0 Å². The highest BCUT2D eigenvalue weighted by Crippen LogP contribution is 2.30. The van der Waals surface area contributed by atoms with E-state index in [0.29, 0.717) is 18.1 Å². The van der Waals surface area contributed by atoms with E-state index in [9.17, 15) is 0 Å². The van der Waals surface area contributed by atoms with Crippen LogP contribution >= 0.6 is 0 Å². The molecule has 1 atom stereocenters. The molecule has 4 heteroatoms. The molecule has 88 valence electrons. The fourth-order valence-electron chi connectivity index (χ4n) is 1.57. The molecule has 0 N–H and O–H groups in total. The van der Waals surface area contributed by atoms with Crippen molar-refractivity contribution in [1.82, 2.24) is 0 Å². The molecule has 1 aliphatic rings. The van der Waals surface area contributed by atoms with Gasteiger partial charge in [-0.2, -0.15) is 0 Å². The van der Waals surface area contributed by atoms with Gasteiger partial charge in [-0.15, -0.1) is 0 Å². The Morgan fingerprint density at radius 2 is 1.94 bits per heavy atom. The fourth-order valence-corrected chi connectivity index (χ4v) is 1.57. The normalized spacial score (nSPS) is 23.1. The highest BCUT2D eigenvalue weighted by molar-refractivity contribution is 5.39. The molecule has 1 fully saturated rings. The quantitative estimate of drug-likeness (QED) is 0.788. The lowest BCUT2D eigenvalue weighted by atomic mass is 10.3. The van der Waals surface area contributed by atoms with Crippen molar-refractivity contribution in [3.05, 3.63) is 24.3 Å². The van der Waals surface area contributed by atoms with E-state index in [0.717, 1.165) is 0 Å². The Kier molecular flexibility index (Phi) is 3.03. The van der Waals surface area contributed by atoms with E-state index in [1.54, 1.807) is 7.11 Å². The third-order valence-electron chi connectivity index (χ3n) is 2.31. The van der Waals surface area contributed by atoms with Gasteiger partial charge >= 0.3 is 0 Å². The Morgan fingerprint density at radius 1 is 1.25 bits per heavy atom.